The Labute approximate surface area is 177 Å². The highest BCUT2D eigenvalue weighted by Crippen LogP contribution is 2.26. The van der Waals surface area contributed by atoms with Crippen LogP contribution in [0.5, 0.6) is 0 Å². The van der Waals surface area contributed by atoms with E-state index < -0.39 is 17.2 Å². The van der Waals surface area contributed by atoms with E-state index >= 15 is 0 Å². The number of fused-ring (bicyclic) bond motifs is 1. The molecule has 5 nitrogen and oxygen atoms in total. The maximum Gasteiger partial charge on any atom is 0.279 e. The van der Waals surface area contributed by atoms with Crippen molar-refractivity contribution in [2.45, 2.75) is 19.9 Å². The Kier molecular flexibility index (Phi) is 5.33. The van der Waals surface area contributed by atoms with E-state index in [4.69, 9.17) is 0 Å². The molecule has 156 valence electrons. The molecule has 0 atom stereocenters. The largest absolute Gasteiger partial charge is 0.624 e. The van der Waals surface area contributed by atoms with E-state index in [0.29, 0.717) is 33.7 Å². The molecule has 0 saturated carbocycles. The Balaban J connectivity index is 1.98. The summed E-state index contributed by atoms with van der Waals surface area (Å²) < 4.78 is 29.6. The van der Waals surface area contributed by atoms with Crippen LogP contribution in [-0.2, 0) is 0 Å². The van der Waals surface area contributed by atoms with Crippen molar-refractivity contribution in [3.8, 4) is 16.9 Å². The van der Waals surface area contributed by atoms with Gasteiger partial charge >= 0.3 is 0 Å². The molecule has 4 aromatic rings. The first-order valence-electron chi connectivity index (χ1n) is 9.73. The zero-order chi connectivity index (χ0) is 22.1. The van der Waals surface area contributed by atoms with E-state index in [1.165, 1.54) is 12.3 Å². The first-order chi connectivity index (χ1) is 14.8. The van der Waals surface area contributed by atoms with Crippen LogP contribution >= 0.6 is 0 Å². The minimum absolute atomic E-state index is 0.147. The Morgan fingerprint density at radius 2 is 1.74 bits per heavy atom. The molecular formula is C24H19F2N3O2. The first kappa shape index (κ1) is 20.4. The highest BCUT2D eigenvalue weighted by molar-refractivity contribution is 5.94. The van der Waals surface area contributed by atoms with Gasteiger partial charge in [0.25, 0.3) is 5.56 Å². The summed E-state index contributed by atoms with van der Waals surface area (Å²) in [4.78, 5) is 13.0. The molecule has 0 radical (unpaired) electrons. The molecule has 7 heteroatoms. The third-order valence-electron chi connectivity index (χ3n) is 4.89. The summed E-state index contributed by atoms with van der Waals surface area (Å²) in [5, 5.41) is 17.4. The van der Waals surface area contributed by atoms with Gasteiger partial charge < -0.3 is 5.21 Å². The first-order valence-corrected chi connectivity index (χ1v) is 9.73. The number of aromatic nitrogens is 2. The third-order valence-corrected chi connectivity index (χ3v) is 4.89. The minimum Gasteiger partial charge on any atom is -0.624 e. The van der Waals surface area contributed by atoms with E-state index in [1.807, 2.05) is 0 Å². The molecule has 0 N–H and O–H groups in total. The summed E-state index contributed by atoms with van der Waals surface area (Å²) in [6.45, 7) is 3.57. The van der Waals surface area contributed by atoms with Gasteiger partial charge in [0.05, 0.1) is 11.1 Å². The fourth-order valence-electron chi connectivity index (χ4n) is 3.28. The van der Waals surface area contributed by atoms with Crippen LogP contribution in [0.25, 0.3) is 27.7 Å². The van der Waals surface area contributed by atoms with Crippen LogP contribution in [0, 0.1) is 16.8 Å². The molecule has 0 bridgehead atoms. The van der Waals surface area contributed by atoms with Crippen LogP contribution in [0.2, 0.25) is 0 Å². The minimum atomic E-state index is -0.892. The van der Waals surface area contributed by atoms with Gasteiger partial charge in [-0.25, -0.2) is 13.5 Å². The monoisotopic (exact) mass is 419 g/mol. The molecule has 0 saturated heterocycles. The number of rotatable bonds is 4. The second-order valence-electron chi connectivity index (χ2n) is 7.42. The molecule has 0 aliphatic carbocycles. The normalized spacial score (nSPS) is 12.0. The zero-order valence-electron chi connectivity index (χ0n) is 16.9. The molecule has 0 amide bonds. The Hall–Kier alpha value is -3.87. The number of halogens is 2. The van der Waals surface area contributed by atoms with Crippen LogP contribution < -0.4 is 5.56 Å². The van der Waals surface area contributed by atoms with E-state index in [1.54, 1.807) is 62.4 Å². The van der Waals surface area contributed by atoms with Crippen molar-refractivity contribution < 1.29 is 13.5 Å². The molecule has 3 aromatic carbocycles. The predicted molar refractivity (Wildman–Crippen MR) is 117 cm³/mol. The number of hydroxylamine groups is 1. The number of hydrogen-bond donors (Lipinski definition) is 0. The summed E-state index contributed by atoms with van der Waals surface area (Å²) in [5.74, 6) is -1.64. The van der Waals surface area contributed by atoms with Gasteiger partial charge in [0.1, 0.15) is 11.5 Å². The SMILES string of the molecule is CC(C)/[N+]([O-])=C\c1cccc(-c2nn(-c3ccc(F)cc3F)c(=O)c3ccccc23)c1. The van der Waals surface area contributed by atoms with Gasteiger partial charge in [-0.2, -0.15) is 9.78 Å². The molecule has 1 aromatic heterocycles. The molecule has 0 spiro atoms. The molecule has 0 aliphatic heterocycles. The van der Waals surface area contributed by atoms with Crippen molar-refractivity contribution in [3.05, 3.63) is 99.5 Å². The topological polar surface area (TPSA) is 61.0 Å². The zero-order valence-corrected chi connectivity index (χ0v) is 16.9. The van der Waals surface area contributed by atoms with Gasteiger partial charge in [-0.1, -0.05) is 30.3 Å². The van der Waals surface area contributed by atoms with Crippen LogP contribution in [-0.4, -0.2) is 26.8 Å². The lowest BCUT2D eigenvalue weighted by Crippen LogP contribution is -2.23. The van der Waals surface area contributed by atoms with Gasteiger partial charge in [0.2, 0.25) is 0 Å². The van der Waals surface area contributed by atoms with Crippen LogP contribution in [0.15, 0.2) is 71.5 Å². The summed E-state index contributed by atoms with van der Waals surface area (Å²) in [6.07, 6.45) is 1.48. The number of benzene rings is 3. The number of hydrogen-bond acceptors (Lipinski definition) is 3. The summed E-state index contributed by atoms with van der Waals surface area (Å²) >= 11 is 0. The van der Waals surface area contributed by atoms with Crippen molar-refractivity contribution in [2.24, 2.45) is 0 Å². The molecule has 0 unspecified atom stereocenters. The maximum absolute atomic E-state index is 14.4. The quantitative estimate of drug-likeness (QED) is 0.209. The smallest absolute Gasteiger partial charge is 0.279 e. The molecule has 4 rings (SSSR count). The lowest BCUT2D eigenvalue weighted by Gasteiger charge is -2.12. The van der Waals surface area contributed by atoms with Crippen LogP contribution in [0.3, 0.4) is 0 Å². The summed E-state index contributed by atoms with van der Waals surface area (Å²) in [5.41, 5.74) is 1.09. The van der Waals surface area contributed by atoms with E-state index in [2.05, 4.69) is 5.10 Å². The van der Waals surface area contributed by atoms with Crippen LogP contribution in [0.4, 0.5) is 8.78 Å². The Morgan fingerprint density at radius 3 is 2.45 bits per heavy atom. The van der Waals surface area contributed by atoms with Gasteiger partial charge in [0, 0.05) is 22.6 Å². The van der Waals surface area contributed by atoms with E-state index in [-0.39, 0.29) is 11.7 Å². The third kappa shape index (κ3) is 3.94. The highest BCUT2D eigenvalue weighted by Gasteiger charge is 2.16. The van der Waals surface area contributed by atoms with Crippen LogP contribution in [0.1, 0.15) is 19.4 Å². The molecule has 0 fully saturated rings. The average Bonchev–Trinajstić information content (AvgIpc) is 2.75. The standard InChI is InChI=1S/C24H19F2N3O2/c1-15(2)28(31)14-16-6-5-7-17(12-16)23-19-8-3-4-9-20(19)24(30)29(27-23)22-11-10-18(25)13-21(22)26/h3-15H,1-2H3/b28-14+. The van der Waals surface area contributed by atoms with Gasteiger partial charge in [-0.15, -0.1) is 0 Å². The highest BCUT2D eigenvalue weighted by atomic mass is 19.1. The molecule has 0 aliphatic rings. The number of nitrogens with zero attached hydrogens (tertiary/aromatic N) is 3. The van der Waals surface area contributed by atoms with Crippen molar-refractivity contribution in [3.63, 3.8) is 0 Å². The fraction of sp³-hybridized carbons (Fsp3) is 0.125. The van der Waals surface area contributed by atoms with E-state index in [0.717, 1.165) is 15.5 Å². The van der Waals surface area contributed by atoms with Crippen molar-refractivity contribution >= 4 is 17.0 Å². The van der Waals surface area contributed by atoms with Gasteiger partial charge in [0.15, 0.2) is 18.1 Å². The lowest BCUT2D eigenvalue weighted by atomic mass is 10.0. The lowest BCUT2D eigenvalue weighted by molar-refractivity contribution is -0.487. The average molecular weight is 419 g/mol. The summed E-state index contributed by atoms with van der Waals surface area (Å²) in [7, 11) is 0. The van der Waals surface area contributed by atoms with Gasteiger partial charge in [-0.3, -0.25) is 4.79 Å². The van der Waals surface area contributed by atoms with Crippen molar-refractivity contribution in [1.82, 2.24) is 9.78 Å². The molecule has 31 heavy (non-hydrogen) atoms. The Morgan fingerprint density at radius 1 is 1.00 bits per heavy atom. The van der Waals surface area contributed by atoms with Crippen molar-refractivity contribution in [1.29, 1.82) is 0 Å². The Bertz CT molecular complexity index is 1380. The molecule has 1 heterocycles. The second kappa shape index (κ2) is 8.10. The molecular weight excluding hydrogens is 400 g/mol. The van der Waals surface area contributed by atoms with Gasteiger partial charge in [-0.05, 0) is 44.2 Å². The predicted octanol–water partition coefficient (Wildman–Crippen LogP) is 4.67. The second-order valence-corrected chi connectivity index (χ2v) is 7.42. The van der Waals surface area contributed by atoms with Crippen molar-refractivity contribution in [2.75, 3.05) is 0 Å². The summed E-state index contributed by atoms with van der Waals surface area (Å²) in [6, 6.07) is 16.8. The maximum atomic E-state index is 14.4. The fourth-order valence-corrected chi connectivity index (χ4v) is 3.28. The van der Waals surface area contributed by atoms with E-state index in [9.17, 15) is 18.8 Å².